The Morgan fingerprint density at radius 2 is 1.68 bits per heavy atom. The summed E-state index contributed by atoms with van der Waals surface area (Å²) in [6.07, 6.45) is 2.04. The van der Waals surface area contributed by atoms with Crippen LogP contribution in [0.3, 0.4) is 0 Å². The molecule has 2 aliphatic rings. The number of anilines is 1. The van der Waals surface area contributed by atoms with Gasteiger partial charge < -0.3 is 10.2 Å². The summed E-state index contributed by atoms with van der Waals surface area (Å²) in [7, 11) is -3.55. The Morgan fingerprint density at radius 3 is 2.29 bits per heavy atom. The van der Waals surface area contributed by atoms with Crippen LogP contribution in [-0.4, -0.2) is 50.9 Å². The van der Waals surface area contributed by atoms with E-state index in [4.69, 9.17) is 0 Å². The largest absolute Gasteiger partial charge is 0.369 e. The first kappa shape index (κ1) is 19.0. The maximum Gasteiger partial charge on any atom is 0.251 e. The Morgan fingerprint density at radius 1 is 1.00 bits per heavy atom. The Balaban J connectivity index is 1.41. The fourth-order valence-corrected chi connectivity index (χ4v) is 4.86. The van der Waals surface area contributed by atoms with Gasteiger partial charge in [-0.2, -0.15) is 4.31 Å². The average molecular weight is 400 g/mol. The van der Waals surface area contributed by atoms with E-state index in [0.717, 1.165) is 18.5 Å². The van der Waals surface area contributed by atoms with Gasteiger partial charge in [-0.15, -0.1) is 0 Å². The van der Waals surface area contributed by atoms with Gasteiger partial charge >= 0.3 is 0 Å². The second-order valence-electron chi connectivity index (χ2n) is 7.50. The number of rotatable bonds is 5. The molecule has 1 amide bonds. The SMILES string of the molecule is Cc1cccc(N2CCN(S(=O)(=O)c3ccc(C(=O)NC4CC4)cc3)CC2)c1. The minimum atomic E-state index is -3.55. The average Bonchev–Trinajstić information content (AvgIpc) is 3.52. The van der Waals surface area contributed by atoms with Crippen molar-refractivity contribution in [2.75, 3.05) is 31.1 Å². The molecule has 2 aromatic carbocycles. The van der Waals surface area contributed by atoms with Crippen LogP contribution >= 0.6 is 0 Å². The Labute approximate surface area is 166 Å². The molecule has 0 atom stereocenters. The van der Waals surface area contributed by atoms with Crippen LogP contribution in [0.4, 0.5) is 5.69 Å². The van der Waals surface area contributed by atoms with Crippen LogP contribution in [0.1, 0.15) is 28.8 Å². The molecule has 0 radical (unpaired) electrons. The second-order valence-corrected chi connectivity index (χ2v) is 9.44. The number of hydrogen-bond acceptors (Lipinski definition) is 4. The number of amides is 1. The van der Waals surface area contributed by atoms with E-state index in [1.807, 2.05) is 6.07 Å². The molecule has 0 unspecified atom stereocenters. The Kier molecular flexibility index (Phi) is 5.12. The molecule has 7 heteroatoms. The lowest BCUT2D eigenvalue weighted by Crippen LogP contribution is -2.48. The molecule has 1 N–H and O–H groups in total. The molecule has 0 bridgehead atoms. The summed E-state index contributed by atoms with van der Waals surface area (Å²) in [5, 5.41) is 2.91. The molecule has 2 aromatic rings. The number of aryl methyl sites for hydroxylation is 1. The first-order chi connectivity index (χ1) is 13.4. The minimum Gasteiger partial charge on any atom is -0.369 e. The lowest BCUT2D eigenvalue weighted by molar-refractivity contribution is 0.0951. The summed E-state index contributed by atoms with van der Waals surface area (Å²) in [5.74, 6) is -0.141. The van der Waals surface area contributed by atoms with Crippen LogP contribution in [-0.2, 0) is 10.0 Å². The number of hydrogen-bond donors (Lipinski definition) is 1. The van der Waals surface area contributed by atoms with Gasteiger partial charge in [0, 0.05) is 43.5 Å². The number of carbonyl (C=O) groups excluding carboxylic acids is 1. The van der Waals surface area contributed by atoms with Crippen molar-refractivity contribution >= 4 is 21.6 Å². The third-order valence-electron chi connectivity index (χ3n) is 5.27. The number of sulfonamides is 1. The normalized spacial score (nSPS) is 18.1. The lowest BCUT2D eigenvalue weighted by atomic mass is 10.2. The van der Waals surface area contributed by atoms with Gasteiger partial charge in [0.05, 0.1) is 4.90 Å². The van der Waals surface area contributed by atoms with E-state index in [1.165, 1.54) is 22.0 Å². The van der Waals surface area contributed by atoms with Gasteiger partial charge in [0.2, 0.25) is 10.0 Å². The standard InChI is InChI=1S/C21H25N3O3S/c1-16-3-2-4-19(15-16)23-11-13-24(14-12-23)28(26,27)20-9-5-17(6-10-20)21(25)22-18-7-8-18/h2-6,9-10,15,18H,7-8,11-14H2,1H3,(H,22,25). The van der Waals surface area contributed by atoms with Crippen molar-refractivity contribution in [2.45, 2.75) is 30.7 Å². The third-order valence-corrected chi connectivity index (χ3v) is 7.19. The van der Waals surface area contributed by atoms with Crippen LogP contribution in [0, 0.1) is 6.92 Å². The molecule has 1 aliphatic carbocycles. The highest BCUT2D eigenvalue weighted by molar-refractivity contribution is 7.89. The first-order valence-corrected chi connectivity index (χ1v) is 11.1. The zero-order chi connectivity index (χ0) is 19.7. The summed E-state index contributed by atoms with van der Waals surface area (Å²) in [5.41, 5.74) is 2.82. The second kappa shape index (κ2) is 7.56. The first-order valence-electron chi connectivity index (χ1n) is 9.66. The van der Waals surface area contributed by atoms with Gasteiger partial charge in [-0.25, -0.2) is 8.42 Å². The molecule has 1 saturated heterocycles. The molecule has 1 heterocycles. The van der Waals surface area contributed by atoms with Crippen molar-refractivity contribution in [3.8, 4) is 0 Å². The highest BCUT2D eigenvalue weighted by Gasteiger charge is 2.29. The van der Waals surface area contributed by atoms with Crippen molar-refractivity contribution < 1.29 is 13.2 Å². The van der Waals surface area contributed by atoms with Crippen LogP contribution in [0.2, 0.25) is 0 Å². The molecular weight excluding hydrogens is 374 g/mol. The van der Waals surface area contributed by atoms with Gasteiger partial charge in [-0.3, -0.25) is 4.79 Å². The summed E-state index contributed by atoms with van der Waals surface area (Å²) in [6.45, 7) is 4.26. The minimum absolute atomic E-state index is 0.141. The zero-order valence-electron chi connectivity index (χ0n) is 16.0. The number of nitrogens with one attached hydrogen (secondary N) is 1. The summed E-state index contributed by atoms with van der Waals surface area (Å²) >= 11 is 0. The molecular formula is C21H25N3O3S. The molecule has 6 nitrogen and oxygen atoms in total. The van der Waals surface area contributed by atoms with Crippen molar-refractivity contribution in [2.24, 2.45) is 0 Å². The van der Waals surface area contributed by atoms with E-state index in [-0.39, 0.29) is 16.8 Å². The van der Waals surface area contributed by atoms with Crippen molar-refractivity contribution in [1.82, 2.24) is 9.62 Å². The van der Waals surface area contributed by atoms with Gasteiger partial charge in [-0.1, -0.05) is 12.1 Å². The monoisotopic (exact) mass is 399 g/mol. The van der Waals surface area contributed by atoms with E-state index in [1.54, 1.807) is 12.1 Å². The zero-order valence-corrected chi connectivity index (χ0v) is 16.8. The maximum absolute atomic E-state index is 13.0. The number of carbonyl (C=O) groups is 1. The van der Waals surface area contributed by atoms with Crippen LogP contribution in [0.15, 0.2) is 53.4 Å². The van der Waals surface area contributed by atoms with Crippen LogP contribution in [0.5, 0.6) is 0 Å². The number of piperazine rings is 1. The maximum atomic E-state index is 13.0. The van der Waals surface area contributed by atoms with Gasteiger partial charge in [0.15, 0.2) is 0 Å². The molecule has 0 aromatic heterocycles. The topological polar surface area (TPSA) is 69.7 Å². The van der Waals surface area contributed by atoms with Gasteiger partial charge in [-0.05, 0) is 61.7 Å². The number of benzene rings is 2. The predicted molar refractivity (Wildman–Crippen MR) is 109 cm³/mol. The predicted octanol–water partition coefficient (Wildman–Crippen LogP) is 2.40. The van der Waals surface area contributed by atoms with E-state index in [9.17, 15) is 13.2 Å². The molecule has 1 aliphatic heterocycles. The number of nitrogens with zero attached hydrogens (tertiary/aromatic N) is 2. The van der Waals surface area contributed by atoms with Gasteiger partial charge in [0.25, 0.3) is 5.91 Å². The highest BCUT2D eigenvalue weighted by Crippen LogP contribution is 2.23. The van der Waals surface area contributed by atoms with E-state index < -0.39 is 10.0 Å². The summed E-state index contributed by atoms with van der Waals surface area (Å²) < 4.78 is 27.4. The van der Waals surface area contributed by atoms with E-state index in [2.05, 4.69) is 35.3 Å². The fraction of sp³-hybridized carbons (Fsp3) is 0.381. The molecule has 0 spiro atoms. The van der Waals surface area contributed by atoms with E-state index >= 15 is 0 Å². The van der Waals surface area contributed by atoms with E-state index in [0.29, 0.717) is 31.7 Å². The lowest BCUT2D eigenvalue weighted by Gasteiger charge is -2.35. The van der Waals surface area contributed by atoms with Crippen molar-refractivity contribution in [3.63, 3.8) is 0 Å². The fourth-order valence-electron chi connectivity index (χ4n) is 3.44. The van der Waals surface area contributed by atoms with Crippen molar-refractivity contribution in [3.05, 3.63) is 59.7 Å². The molecule has 148 valence electrons. The Bertz CT molecular complexity index is 961. The molecule has 1 saturated carbocycles. The third kappa shape index (κ3) is 4.05. The highest BCUT2D eigenvalue weighted by atomic mass is 32.2. The van der Waals surface area contributed by atoms with Gasteiger partial charge in [0.1, 0.15) is 0 Å². The van der Waals surface area contributed by atoms with Crippen LogP contribution < -0.4 is 10.2 Å². The molecule has 2 fully saturated rings. The molecule has 28 heavy (non-hydrogen) atoms. The summed E-state index contributed by atoms with van der Waals surface area (Å²) in [4.78, 5) is 14.5. The molecule has 4 rings (SSSR count). The van der Waals surface area contributed by atoms with Crippen molar-refractivity contribution in [1.29, 1.82) is 0 Å². The smallest absolute Gasteiger partial charge is 0.251 e. The van der Waals surface area contributed by atoms with Crippen LogP contribution in [0.25, 0.3) is 0 Å². The Hall–Kier alpha value is -2.38. The quantitative estimate of drug-likeness (QED) is 0.838. The summed E-state index contributed by atoms with van der Waals surface area (Å²) in [6, 6.07) is 14.8.